The first-order valence-corrected chi connectivity index (χ1v) is 12.3. The van der Waals surface area contributed by atoms with Gasteiger partial charge in [-0.1, -0.05) is 29.8 Å². The number of carbonyl (C=O) groups is 2. The van der Waals surface area contributed by atoms with Crippen molar-refractivity contribution in [3.8, 4) is 5.88 Å². The molecule has 1 saturated heterocycles. The molecule has 4 aromatic rings. The van der Waals surface area contributed by atoms with Crippen molar-refractivity contribution in [3.05, 3.63) is 88.4 Å². The maximum absolute atomic E-state index is 12.9. The van der Waals surface area contributed by atoms with E-state index in [1.54, 1.807) is 48.5 Å². The highest BCUT2D eigenvalue weighted by atomic mass is 35.5. The normalized spacial score (nSPS) is 14.1. The van der Waals surface area contributed by atoms with Gasteiger partial charge in [0.05, 0.1) is 22.5 Å². The van der Waals surface area contributed by atoms with Crippen LogP contribution in [0.3, 0.4) is 0 Å². The maximum Gasteiger partial charge on any atom is 0.253 e. The van der Waals surface area contributed by atoms with E-state index >= 15 is 0 Å². The summed E-state index contributed by atoms with van der Waals surface area (Å²) in [5.41, 5.74) is 4.36. The molecule has 0 radical (unpaired) electrons. The molecule has 4 N–H and O–H groups in total. The number of H-pyrrole nitrogens is 1. The number of aliphatic imine (C=N–C) groups is 1. The van der Waals surface area contributed by atoms with E-state index in [1.807, 2.05) is 23.1 Å². The van der Waals surface area contributed by atoms with Crippen LogP contribution in [-0.4, -0.2) is 58.7 Å². The lowest BCUT2D eigenvalue weighted by molar-refractivity contribution is -0.114. The molecule has 188 valence electrons. The summed E-state index contributed by atoms with van der Waals surface area (Å²) in [6.07, 6.45) is 0. The van der Waals surface area contributed by atoms with Gasteiger partial charge >= 0.3 is 0 Å². The first kappa shape index (κ1) is 24.5. The molecule has 5 rings (SSSR count). The van der Waals surface area contributed by atoms with Crippen LogP contribution < -0.4 is 10.6 Å². The molecule has 0 bridgehead atoms. The molecule has 0 atom stereocenters. The Morgan fingerprint density at radius 2 is 1.65 bits per heavy atom. The molecule has 0 unspecified atom stereocenters. The molecule has 9 heteroatoms. The van der Waals surface area contributed by atoms with Crippen LogP contribution in [-0.2, 0) is 4.79 Å². The quantitative estimate of drug-likeness (QED) is 0.289. The summed E-state index contributed by atoms with van der Waals surface area (Å²) in [5.74, 6) is -0.201. The number of fused-ring (bicyclic) bond motifs is 1. The predicted octanol–water partition coefficient (Wildman–Crippen LogP) is 4.70. The minimum absolute atomic E-state index is 0.00281. The number of aromatic hydroxyl groups is 1. The van der Waals surface area contributed by atoms with Crippen molar-refractivity contribution in [2.24, 2.45) is 4.99 Å². The van der Waals surface area contributed by atoms with Gasteiger partial charge in [0.1, 0.15) is 0 Å². The van der Waals surface area contributed by atoms with Crippen LogP contribution in [0.1, 0.15) is 28.4 Å². The van der Waals surface area contributed by atoms with Gasteiger partial charge in [0.25, 0.3) is 5.91 Å². The number of hydrogen-bond donors (Lipinski definition) is 4. The Labute approximate surface area is 219 Å². The second-order valence-corrected chi connectivity index (χ2v) is 9.28. The first-order valence-electron chi connectivity index (χ1n) is 12.0. The molecule has 0 saturated carbocycles. The third-order valence-electron chi connectivity index (χ3n) is 6.22. The molecular weight excluding hydrogens is 490 g/mol. The van der Waals surface area contributed by atoms with Gasteiger partial charge in [-0.25, -0.2) is 4.99 Å². The van der Waals surface area contributed by atoms with E-state index in [2.05, 4.69) is 15.6 Å². The number of rotatable bonds is 5. The van der Waals surface area contributed by atoms with Crippen LogP contribution >= 0.6 is 11.6 Å². The molecular formula is C28H26ClN5O3. The van der Waals surface area contributed by atoms with E-state index in [0.717, 1.165) is 24.0 Å². The fourth-order valence-corrected chi connectivity index (χ4v) is 4.60. The Morgan fingerprint density at radius 3 is 2.32 bits per heavy atom. The van der Waals surface area contributed by atoms with Crippen LogP contribution in [0, 0.1) is 0 Å². The molecule has 0 spiro atoms. The highest BCUT2D eigenvalue weighted by Crippen LogP contribution is 2.33. The minimum Gasteiger partial charge on any atom is -0.494 e. The number of aromatic amines is 1. The summed E-state index contributed by atoms with van der Waals surface area (Å²) in [7, 11) is 0. The average Bonchev–Trinajstić information content (AvgIpc) is 3.22. The number of aromatic nitrogens is 1. The SMILES string of the molecule is CC(=O)Nc1ccc(C(=Nc2ccc(C(=O)N3CCNCC3)cc2)c2c(O)[nH]c3cc(Cl)ccc23)cc1. The summed E-state index contributed by atoms with van der Waals surface area (Å²) >= 11 is 6.16. The summed E-state index contributed by atoms with van der Waals surface area (Å²) in [6.45, 7) is 4.39. The zero-order chi connectivity index (χ0) is 25.9. The Kier molecular flexibility index (Phi) is 6.94. The lowest BCUT2D eigenvalue weighted by Crippen LogP contribution is -2.46. The molecule has 8 nitrogen and oxygen atoms in total. The van der Waals surface area contributed by atoms with Gasteiger partial charge < -0.3 is 25.6 Å². The Hall–Kier alpha value is -4.14. The van der Waals surface area contributed by atoms with Gasteiger partial charge in [-0.3, -0.25) is 9.59 Å². The second kappa shape index (κ2) is 10.5. The zero-order valence-electron chi connectivity index (χ0n) is 20.2. The molecule has 37 heavy (non-hydrogen) atoms. The van der Waals surface area contributed by atoms with E-state index in [-0.39, 0.29) is 17.7 Å². The molecule has 0 aliphatic carbocycles. The van der Waals surface area contributed by atoms with Gasteiger partial charge in [0.15, 0.2) is 5.88 Å². The summed E-state index contributed by atoms with van der Waals surface area (Å²) in [5, 5.41) is 18.2. The maximum atomic E-state index is 12.9. The number of hydrogen-bond acceptors (Lipinski definition) is 5. The number of carbonyl (C=O) groups excluding carboxylic acids is 2. The monoisotopic (exact) mass is 515 g/mol. The number of anilines is 1. The minimum atomic E-state index is -0.164. The zero-order valence-corrected chi connectivity index (χ0v) is 21.0. The van der Waals surface area contributed by atoms with Crippen LogP contribution in [0.4, 0.5) is 11.4 Å². The van der Waals surface area contributed by atoms with Gasteiger partial charge in [-0.2, -0.15) is 0 Å². The number of halogens is 1. The van der Waals surface area contributed by atoms with Crippen molar-refractivity contribution < 1.29 is 14.7 Å². The molecule has 1 aliphatic rings. The highest BCUT2D eigenvalue weighted by Gasteiger charge is 2.20. The molecule has 1 aromatic heterocycles. The summed E-state index contributed by atoms with van der Waals surface area (Å²) in [6, 6.07) is 19.7. The standard InChI is InChI=1S/C28H26ClN5O3/c1-17(35)31-21-7-2-18(3-8-21)26(25-23-11-6-20(29)16-24(23)33-27(25)36)32-22-9-4-19(5-10-22)28(37)34-14-12-30-13-15-34/h2-11,16,30,33,36H,12-15H2,1H3,(H,31,35). The smallest absolute Gasteiger partial charge is 0.253 e. The molecule has 1 aliphatic heterocycles. The topological polar surface area (TPSA) is 110 Å². The van der Waals surface area contributed by atoms with Gasteiger partial charge in [0.2, 0.25) is 5.91 Å². The lowest BCUT2D eigenvalue weighted by Gasteiger charge is -2.27. The summed E-state index contributed by atoms with van der Waals surface area (Å²) < 4.78 is 0. The first-order chi connectivity index (χ1) is 17.9. The van der Waals surface area contributed by atoms with Crippen molar-refractivity contribution in [2.45, 2.75) is 6.92 Å². The molecule has 2 amide bonds. The van der Waals surface area contributed by atoms with E-state index in [0.29, 0.717) is 51.8 Å². The van der Waals surface area contributed by atoms with Crippen molar-refractivity contribution in [1.82, 2.24) is 15.2 Å². The van der Waals surface area contributed by atoms with Crippen molar-refractivity contribution in [1.29, 1.82) is 0 Å². The average molecular weight is 516 g/mol. The van der Waals surface area contributed by atoms with E-state index in [9.17, 15) is 14.7 Å². The predicted molar refractivity (Wildman–Crippen MR) is 146 cm³/mol. The number of nitrogens with one attached hydrogen (secondary N) is 3. The lowest BCUT2D eigenvalue weighted by atomic mass is 10.0. The van der Waals surface area contributed by atoms with E-state index < -0.39 is 0 Å². The fraction of sp³-hybridized carbons (Fsp3) is 0.179. The fourth-order valence-electron chi connectivity index (χ4n) is 4.43. The highest BCUT2D eigenvalue weighted by molar-refractivity contribution is 6.31. The van der Waals surface area contributed by atoms with Gasteiger partial charge in [-0.15, -0.1) is 0 Å². The number of amides is 2. The number of piperazine rings is 1. The second-order valence-electron chi connectivity index (χ2n) is 8.85. The molecule has 1 fully saturated rings. The third-order valence-corrected chi connectivity index (χ3v) is 6.45. The molecule has 3 aromatic carbocycles. The number of nitrogens with zero attached hydrogens (tertiary/aromatic N) is 2. The summed E-state index contributed by atoms with van der Waals surface area (Å²) in [4.78, 5) is 34.0. The van der Waals surface area contributed by atoms with E-state index in [1.165, 1.54) is 6.92 Å². The Balaban J connectivity index is 1.55. The van der Waals surface area contributed by atoms with Gasteiger partial charge in [0, 0.05) is 60.3 Å². The third kappa shape index (κ3) is 5.35. The van der Waals surface area contributed by atoms with Crippen LogP contribution in [0.25, 0.3) is 10.9 Å². The van der Waals surface area contributed by atoms with Crippen LogP contribution in [0.5, 0.6) is 5.88 Å². The van der Waals surface area contributed by atoms with Crippen molar-refractivity contribution >= 4 is 51.4 Å². The van der Waals surface area contributed by atoms with Crippen molar-refractivity contribution in [3.63, 3.8) is 0 Å². The van der Waals surface area contributed by atoms with Crippen LogP contribution in [0.2, 0.25) is 5.02 Å². The van der Waals surface area contributed by atoms with Crippen molar-refractivity contribution in [2.75, 3.05) is 31.5 Å². The Morgan fingerprint density at radius 1 is 0.973 bits per heavy atom. The van der Waals surface area contributed by atoms with E-state index in [4.69, 9.17) is 16.6 Å². The Bertz CT molecular complexity index is 1490. The largest absolute Gasteiger partial charge is 0.494 e. The van der Waals surface area contributed by atoms with Gasteiger partial charge in [-0.05, 0) is 48.5 Å². The number of benzene rings is 3. The van der Waals surface area contributed by atoms with Crippen LogP contribution in [0.15, 0.2) is 71.7 Å². The molecule has 2 heterocycles.